The van der Waals surface area contributed by atoms with Gasteiger partial charge in [0.2, 0.25) is 0 Å². The van der Waals surface area contributed by atoms with E-state index in [-0.39, 0.29) is 0 Å². The highest BCUT2D eigenvalue weighted by molar-refractivity contribution is 6.33. The Kier molecular flexibility index (Phi) is 4.61. The quantitative estimate of drug-likeness (QED) is 0.786. The molecule has 18 heavy (non-hydrogen) atoms. The lowest BCUT2D eigenvalue weighted by molar-refractivity contribution is 0.0685. The molecule has 98 valence electrons. The van der Waals surface area contributed by atoms with Crippen LogP contribution in [0.4, 0.5) is 5.69 Å². The number of halogens is 1. The van der Waals surface area contributed by atoms with Crippen molar-refractivity contribution in [2.75, 3.05) is 31.7 Å². The van der Waals surface area contributed by atoms with Gasteiger partial charge in [0.1, 0.15) is 0 Å². The van der Waals surface area contributed by atoms with Crippen LogP contribution in [0.15, 0.2) is 18.2 Å². The van der Waals surface area contributed by atoms with Crippen molar-refractivity contribution in [3.8, 4) is 0 Å². The van der Waals surface area contributed by atoms with Crippen LogP contribution in [0.25, 0.3) is 0 Å². The van der Waals surface area contributed by atoms with Gasteiger partial charge in [-0.2, -0.15) is 0 Å². The average Bonchev–Trinajstić information content (AvgIpc) is 2.39. The minimum absolute atomic E-state index is 0.515. The number of nitrogens with zero attached hydrogens (tertiary/aromatic N) is 1. The predicted molar refractivity (Wildman–Crippen MR) is 73.7 cm³/mol. The van der Waals surface area contributed by atoms with Crippen molar-refractivity contribution in [3.63, 3.8) is 0 Å². The number of benzene rings is 1. The van der Waals surface area contributed by atoms with Crippen molar-refractivity contribution in [1.29, 1.82) is 0 Å². The van der Waals surface area contributed by atoms with Gasteiger partial charge in [-0.1, -0.05) is 11.6 Å². The van der Waals surface area contributed by atoms with Crippen LogP contribution in [-0.4, -0.2) is 33.1 Å². The minimum atomic E-state index is 0.515. The largest absolute Gasteiger partial charge is 0.381 e. The van der Waals surface area contributed by atoms with Crippen molar-refractivity contribution >= 4 is 23.6 Å². The lowest BCUT2D eigenvalue weighted by Gasteiger charge is -2.28. The molecule has 0 unspecified atom stereocenters. The van der Waals surface area contributed by atoms with E-state index in [9.17, 15) is 4.79 Å². The number of aldehydes is 1. The molecule has 1 aromatic carbocycles. The Morgan fingerprint density at radius 3 is 2.78 bits per heavy atom. The molecule has 0 spiro atoms. The van der Waals surface area contributed by atoms with Crippen LogP contribution in [0.5, 0.6) is 0 Å². The van der Waals surface area contributed by atoms with Gasteiger partial charge < -0.3 is 9.64 Å². The number of ether oxygens (including phenoxy) is 1. The summed E-state index contributed by atoms with van der Waals surface area (Å²) in [5.41, 5.74) is 1.59. The lowest BCUT2D eigenvalue weighted by Crippen LogP contribution is -2.29. The Morgan fingerprint density at radius 1 is 1.44 bits per heavy atom. The molecule has 0 atom stereocenters. The van der Waals surface area contributed by atoms with Gasteiger partial charge in [-0.05, 0) is 37.0 Å². The van der Waals surface area contributed by atoms with Gasteiger partial charge in [0.05, 0.1) is 5.02 Å². The minimum Gasteiger partial charge on any atom is -0.381 e. The van der Waals surface area contributed by atoms with Crippen molar-refractivity contribution < 1.29 is 9.53 Å². The van der Waals surface area contributed by atoms with Crippen molar-refractivity contribution in [3.05, 3.63) is 28.8 Å². The molecule has 1 fully saturated rings. The maximum absolute atomic E-state index is 10.7. The van der Waals surface area contributed by atoms with E-state index < -0.39 is 0 Å². The predicted octanol–water partition coefficient (Wildman–Crippen LogP) is 3.02. The van der Waals surface area contributed by atoms with Crippen molar-refractivity contribution in [2.24, 2.45) is 5.92 Å². The molecular weight excluding hydrogens is 250 g/mol. The zero-order chi connectivity index (χ0) is 13.0. The van der Waals surface area contributed by atoms with Gasteiger partial charge in [0, 0.05) is 38.1 Å². The molecule has 0 saturated carbocycles. The fraction of sp³-hybridized carbons (Fsp3) is 0.500. The van der Waals surface area contributed by atoms with E-state index in [4.69, 9.17) is 16.3 Å². The monoisotopic (exact) mass is 267 g/mol. The maximum atomic E-state index is 10.7. The van der Waals surface area contributed by atoms with Crippen LogP contribution in [0.1, 0.15) is 23.2 Å². The molecule has 1 aliphatic rings. The first-order valence-electron chi connectivity index (χ1n) is 6.24. The highest BCUT2D eigenvalue weighted by Gasteiger charge is 2.16. The topological polar surface area (TPSA) is 29.5 Å². The van der Waals surface area contributed by atoms with E-state index in [2.05, 4.69) is 11.9 Å². The molecule has 0 bridgehead atoms. The van der Waals surface area contributed by atoms with Crippen LogP contribution in [0, 0.1) is 5.92 Å². The highest BCUT2D eigenvalue weighted by atomic mass is 35.5. The van der Waals surface area contributed by atoms with Crippen molar-refractivity contribution in [2.45, 2.75) is 12.8 Å². The normalized spacial score (nSPS) is 16.6. The van der Waals surface area contributed by atoms with Gasteiger partial charge in [-0.3, -0.25) is 4.79 Å². The third kappa shape index (κ3) is 3.24. The van der Waals surface area contributed by atoms with Gasteiger partial charge in [0.15, 0.2) is 6.29 Å². The van der Waals surface area contributed by atoms with Crippen LogP contribution in [0.3, 0.4) is 0 Å². The van der Waals surface area contributed by atoms with Gasteiger partial charge in [-0.25, -0.2) is 0 Å². The summed E-state index contributed by atoms with van der Waals surface area (Å²) >= 11 is 6.04. The molecule has 1 saturated heterocycles. The third-order valence-electron chi connectivity index (χ3n) is 3.42. The van der Waals surface area contributed by atoms with Crippen LogP contribution >= 0.6 is 11.6 Å². The number of carbonyl (C=O) groups is 1. The molecule has 2 rings (SSSR count). The molecule has 0 aromatic heterocycles. The van der Waals surface area contributed by atoms with E-state index in [0.29, 0.717) is 16.5 Å². The second-order valence-corrected chi connectivity index (χ2v) is 5.17. The van der Waals surface area contributed by atoms with E-state index in [1.165, 1.54) is 0 Å². The van der Waals surface area contributed by atoms with Gasteiger partial charge >= 0.3 is 0 Å². The summed E-state index contributed by atoms with van der Waals surface area (Å²) in [5, 5.41) is 0.515. The second kappa shape index (κ2) is 6.21. The average molecular weight is 268 g/mol. The Labute approximate surface area is 113 Å². The molecule has 1 heterocycles. The summed E-state index contributed by atoms with van der Waals surface area (Å²) < 4.78 is 5.36. The Hall–Kier alpha value is -1.06. The van der Waals surface area contributed by atoms with Crippen LogP contribution < -0.4 is 4.90 Å². The fourth-order valence-corrected chi connectivity index (χ4v) is 2.49. The SMILES string of the molecule is CN(CC1CCOCC1)c1ccc(C=O)c(Cl)c1. The Bertz CT molecular complexity index is 416. The number of rotatable bonds is 4. The first kappa shape index (κ1) is 13.4. The zero-order valence-electron chi connectivity index (χ0n) is 10.6. The van der Waals surface area contributed by atoms with Crippen LogP contribution in [0.2, 0.25) is 5.02 Å². The molecule has 0 amide bonds. The summed E-state index contributed by atoms with van der Waals surface area (Å²) in [6.07, 6.45) is 3.01. The maximum Gasteiger partial charge on any atom is 0.151 e. The standard InChI is InChI=1S/C14H18ClNO2/c1-16(9-11-4-6-18-7-5-11)13-3-2-12(10-17)14(15)8-13/h2-3,8,10-11H,4-7,9H2,1H3. The van der Waals surface area contributed by atoms with Crippen LogP contribution in [-0.2, 0) is 4.74 Å². The molecule has 3 nitrogen and oxygen atoms in total. The number of hydrogen-bond acceptors (Lipinski definition) is 3. The second-order valence-electron chi connectivity index (χ2n) is 4.76. The summed E-state index contributed by atoms with van der Waals surface area (Å²) in [7, 11) is 2.06. The highest BCUT2D eigenvalue weighted by Crippen LogP contribution is 2.24. The zero-order valence-corrected chi connectivity index (χ0v) is 11.3. The van der Waals surface area contributed by atoms with E-state index in [0.717, 1.165) is 44.6 Å². The lowest BCUT2D eigenvalue weighted by atomic mass is 9.99. The summed E-state index contributed by atoms with van der Waals surface area (Å²) in [5.74, 6) is 0.674. The van der Waals surface area contributed by atoms with E-state index in [1.807, 2.05) is 12.1 Å². The Balaban J connectivity index is 2.01. The molecule has 1 aromatic rings. The number of carbonyl (C=O) groups excluding carboxylic acids is 1. The van der Waals surface area contributed by atoms with Gasteiger partial charge in [0.25, 0.3) is 0 Å². The molecule has 0 radical (unpaired) electrons. The molecule has 1 aliphatic heterocycles. The summed E-state index contributed by atoms with van der Waals surface area (Å²) in [6.45, 7) is 2.73. The van der Waals surface area contributed by atoms with E-state index >= 15 is 0 Å². The first-order chi connectivity index (χ1) is 8.70. The molecule has 0 N–H and O–H groups in total. The van der Waals surface area contributed by atoms with E-state index in [1.54, 1.807) is 6.07 Å². The summed E-state index contributed by atoms with van der Waals surface area (Å²) in [6, 6.07) is 5.56. The first-order valence-corrected chi connectivity index (χ1v) is 6.62. The number of hydrogen-bond donors (Lipinski definition) is 0. The number of anilines is 1. The Morgan fingerprint density at radius 2 is 2.17 bits per heavy atom. The van der Waals surface area contributed by atoms with Crippen molar-refractivity contribution in [1.82, 2.24) is 0 Å². The molecule has 4 heteroatoms. The summed E-state index contributed by atoms with van der Waals surface area (Å²) in [4.78, 5) is 12.9. The fourth-order valence-electron chi connectivity index (χ4n) is 2.27. The third-order valence-corrected chi connectivity index (χ3v) is 3.75. The molecule has 0 aliphatic carbocycles. The van der Waals surface area contributed by atoms with Gasteiger partial charge in [-0.15, -0.1) is 0 Å². The molecular formula is C14H18ClNO2. The smallest absolute Gasteiger partial charge is 0.151 e.